The van der Waals surface area contributed by atoms with Gasteiger partial charge in [-0.2, -0.15) is 0 Å². The Morgan fingerprint density at radius 3 is 2.57 bits per heavy atom. The second-order valence-electron chi connectivity index (χ2n) is 2.58. The number of alkyl halides is 1. The first kappa shape index (κ1) is 13.1. The lowest BCUT2D eigenvalue weighted by atomic mass is 10.2. The van der Waals surface area contributed by atoms with Crippen LogP contribution in [0.4, 0.5) is 4.39 Å². The van der Waals surface area contributed by atoms with Crippen LogP contribution in [0.5, 0.6) is 0 Å². The van der Waals surface area contributed by atoms with Gasteiger partial charge < -0.3 is 4.74 Å². The molecular weight excluding hydrogens is 257 g/mol. The molecule has 4 nitrogen and oxygen atoms in total. The fourth-order valence-corrected chi connectivity index (χ4v) is 1.08. The van der Waals surface area contributed by atoms with Crippen molar-refractivity contribution < 1.29 is 14.1 Å². The maximum Gasteiger partial charge on any atom is 0.273 e. The van der Waals surface area contributed by atoms with E-state index in [1.165, 1.54) is 7.11 Å². The summed E-state index contributed by atoms with van der Waals surface area (Å²) < 4.78 is 18.6. The molecule has 1 unspecified atom stereocenters. The zero-order valence-corrected chi connectivity index (χ0v) is 9.51. The first-order chi connectivity index (χ1) is 6.40. The number of hydrogen-bond acceptors (Lipinski definition) is 3. The quantitative estimate of drug-likeness (QED) is 0.437. The van der Waals surface area contributed by atoms with Gasteiger partial charge >= 0.3 is 0 Å². The van der Waals surface area contributed by atoms with E-state index in [0.717, 1.165) is 0 Å². The molecule has 0 radical (unpaired) electrons. The molecule has 6 heteroatoms. The van der Waals surface area contributed by atoms with Crippen molar-refractivity contribution in [3.63, 3.8) is 0 Å². The number of nitro groups is 1. The Morgan fingerprint density at radius 2 is 2.29 bits per heavy atom. The van der Waals surface area contributed by atoms with Crippen molar-refractivity contribution in [2.75, 3.05) is 7.11 Å². The Labute approximate surface area is 89.7 Å². The van der Waals surface area contributed by atoms with Crippen LogP contribution >= 0.6 is 15.9 Å². The van der Waals surface area contributed by atoms with E-state index in [-0.39, 0.29) is 6.42 Å². The number of ether oxygens (including phenoxy) is 1. The summed E-state index contributed by atoms with van der Waals surface area (Å²) in [6.45, 7) is 4.70. The number of rotatable bonds is 5. The van der Waals surface area contributed by atoms with Crippen LogP contribution in [0.15, 0.2) is 22.5 Å². The highest BCUT2D eigenvalue weighted by atomic mass is 79.9. The Kier molecular flexibility index (Phi) is 5.37. The average Bonchev–Trinajstić information content (AvgIpc) is 2.11. The second kappa shape index (κ2) is 5.74. The summed E-state index contributed by atoms with van der Waals surface area (Å²) in [5.74, 6) is 0.334. The van der Waals surface area contributed by atoms with E-state index in [9.17, 15) is 14.5 Å². The summed E-state index contributed by atoms with van der Waals surface area (Å²) in [6.07, 6.45) is -1.92. The predicted octanol–water partition coefficient (Wildman–Crippen LogP) is 2.78. The maximum atomic E-state index is 13.2. The third-order valence-electron chi connectivity index (χ3n) is 1.59. The summed E-state index contributed by atoms with van der Waals surface area (Å²) in [5.41, 5.74) is -0.659. The molecule has 0 N–H and O–H groups in total. The molecule has 0 aromatic heterocycles. The van der Waals surface area contributed by atoms with Crippen LogP contribution in [-0.4, -0.2) is 18.2 Å². The highest BCUT2D eigenvalue weighted by Gasteiger charge is 2.23. The van der Waals surface area contributed by atoms with Crippen molar-refractivity contribution >= 4 is 15.9 Å². The molecule has 0 rings (SSSR count). The van der Waals surface area contributed by atoms with Crippen LogP contribution in [-0.2, 0) is 4.74 Å². The fraction of sp³-hybridized carbons (Fsp3) is 0.500. The molecule has 0 saturated heterocycles. The van der Waals surface area contributed by atoms with Crippen LogP contribution in [0, 0.1) is 10.1 Å². The summed E-state index contributed by atoms with van der Waals surface area (Å²) >= 11 is 3.10. The van der Waals surface area contributed by atoms with E-state index in [4.69, 9.17) is 4.74 Å². The summed E-state index contributed by atoms with van der Waals surface area (Å²) in [5, 5.41) is 10.2. The van der Waals surface area contributed by atoms with E-state index in [1.807, 2.05) is 0 Å². The molecule has 0 aliphatic carbocycles. The van der Waals surface area contributed by atoms with E-state index < -0.39 is 16.8 Å². The third kappa shape index (κ3) is 3.87. The predicted molar refractivity (Wildman–Crippen MR) is 54.3 cm³/mol. The lowest BCUT2D eigenvalue weighted by Gasteiger charge is -2.09. The van der Waals surface area contributed by atoms with Crippen LogP contribution < -0.4 is 0 Å². The average molecular weight is 268 g/mol. The lowest BCUT2D eigenvalue weighted by Crippen LogP contribution is -2.13. The van der Waals surface area contributed by atoms with Crippen molar-refractivity contribution in [2.24, 2.45) is 0 Å². The van der Waals surface area contributed by atoms with Gasteiger partial charge in [0.1, 0.15) is 5.76 Å². The van der Waals surface area contributed by atoms with Crippen molar-refractivity contribution in [3.05, 3.63) is 32.6 Å². The number of allylic oxidation sites excluding steroid dienone is 3. The fourth-order valence-electron chi connectivity index (χ4n) is 0.760. The van der Waals surface area contributed by atoms with Gasteiger partial charge in [-0.1, -0.05) is 15.9 Å². The van der Waals surface area contributed by atoms with Crippen molar-refractivity contribution in [2.45, 2.75) is 19.5 Å². The molecule has 80 valence electrons. The Hall–Kier alpha value is -0.910. The van der Waals surface area contributed by atoms with Gasteiger partial charge in [-0.05, 0) is 13.5 Å². The Balaban J connectivity index is 4.46. The molecule has 0 heterocycles. The molecule has 14 heavy (non-hydrogen) atoms. The summed E-state index contributed by atoms with van der Waals surface area (Å²) in [6, 6.07) is 0. The Morgan fingerprint density at radius 1 is 1.79 bits per heavy atom. The van der Waals surface area contributed by atoms with E-state index >= 15 is 0 Å². The smallest absolute Gasteiger partial charge is 0.273 e. The normalized spacial score (nSPS) is 14.3. The van der Waals surface area contributed by atoms with Gasteiger partial charge in [-0.15, -0.1) is 0 Å². The first-order valence-electron chi connectivity index (χ1n) is 3.76. The minimum Gasteiger partial charge on any atom is -0.500 e. The van der Waals surface area contributed by atoms with Gasteiger partial charge in [-0.25, -0.2) is 4.39 Å². The van der Waals surface area contributed by atoms with E-state index in [2.05, 4.69) is 22.5 Å². The van der Waals surface area contributed by atoms with Gasteiger partial charge in [0.25, 0.3) is 5.70 Å². The molecule has 0 fully saturated rings. The van der Waals surface area contributed by atoms with Crippen LogP contribution in [0.2, 0.25) is 0 Å². The van der Waals surface area contributed by atoms with Gasteiger partial charge in [-0.3, -0.25) is 10.1 Å². The SMILES string of the molecule is C=C(C(F)C/C(OC)=C(\C)Br)[N+](=O)[O-]. The van der Waals surface area contributed by atoms with Crippen molar-refractivity contribution in [1.82, 2.24) is 0 Å². The number of methoxy groups -OCH3 is 1. The van der Waals surface area contributed by atoms with Gasteiger partial charge in [0.2, 0.25) is 0 Å². The summed E-state index contributed by atoms with van der Waals surface area (Å²) in [7, 11) is 1.38. The molecule has 0 amide bonds. The van der Waals surface area contributed by atoms with Crippen LogP contribution in [0.25, 0.3) is 0 Å². The molecule has 0 aliphatic rings. The molecule has 0 aromatic rings. The highest BCUT2D eigenvalue weighted by Crippen LogP contribution is 2.21. The van der Waals surface area contributed by atoms with Gasteiger partial charge in [0.15, 0.2) is 6.17 Å². The number of nitrogens with zero attached hydrogens (tertiary/aromatic N) is 1. The molecular formula is C8H11BrFNO3. The highest BCUT2D eigenvalue weighted by molar-refractivity contribution is 9.11. The minimum absolute atomic E-state index is 0.187. The molecule has 0 aromatic carbocycles. The topological polar surface area (TPSA) is 52.4 Å². The molecule has 1 atom stereocenters. The molecule has 0 bridgehead atoms. The first-order valence-corrected chi connectivity index (χ1v) is 4.56. The van der Waals surface area contributed by atoms with Gasteiger partial charge in [0, 0.05) is 10.9 Å². The van der Waals surface area contributed by atoms with Crippen molar-refractivity contribution in [1.29, 1.82) is 0 Å². The number of hydrogen-bond donors (Lipinski definition) is 0. The lowest BCUT2D eigenvalue weighted by molar-refractivity contribution is -0.432. The standard InChI is InChI=1S/C8H11BrFNO3/c1-5(9)8(14-3)4-7(10)6(2)11(12)13/h7H,2,4H2,1,3H3/b8-5-. The second-order valence-corrected chi connectivity index (χ2v) is 3.77. The maximum absolute atomic E-state index is 13.2. The van der Waals surface area contributed by atoms with Crippen molar-refractivity contribution in [3.8, 4) is 0 Å². The molecule has 0 aliphatic heterocycles. The molecule has 0 spiro atoms. The minimum atomic E-state index is -1.73. The van der Waals surface area contributed by atoms with Crippen LogP contribution in [0.3, 0.4) is 0 Å². The zero-order valence-electron chi connectivity index (χ0n) is 7.92. The molecule has 0 saturated carbocycles. The number of halogens is 2. The van der Waals surface area contributed by atoms with Gasteiger partial charge in [0.05, 0.1) is 12.0 Å². The Bertz CT molecular complexity index is 274. The third-order valence-corrected chi connectivity index (χ3v) is 2.03. The van der Waals surface area contributed by atoms with Crippen LogP contribution in [0.1, 0.15) is 13.3 Å². The van der Waals surface area contributed by atoms with E-state index in [0.29, 0.717) is 10.2 Å². The van der Waals surface area contributed by atoms with E-state index in [1.54, 1.807) is 6.92 Å². The zero-order chi connectivity index (χ0) is 11.3. The summed E-state index contributed by atoms with van der Waals surface area (Å²) in [4.78, 5) is 9.35. The largest absolute Gasteiger partial charge is 0.500 e. The monoisotopic (exact) mass is 267 g/mol.